The Bertz CT molecular complexity index is 1220. The fraction of sp³-hybridized carbons (Fsp3) is 0.125. The van der Waals surface area contributed by atoms with Crippen LogP contribution in [-0.4, -0.2) is 23.6 Å². The van der Waals surface area contributed by atoms with E-state index in [1.165, 1.54) is 6.92 Å². The van der Waals surface area contributed by atoms with E-state index in [9.17, 15) is 14.4 Å². The van der Waals surface area contributed by atoms with Gasteiger partial charge >= 0.3 is 5.97 Å². The molecule has 0 aliphatic heterocycles. The zero-order valence-corrected chi connectivity index (χ0v) is 18.5. The van der Waals surface area contributed by atoms with Crippen LogP contribution in [0.2, 0.25) is 15.1 Å². The van der Waals surface area contributed by atoms with Gasteiger partial charge in [0.15, 0.2) is 11.9 Å². The van der Waals surface area contributed by atoms with E-state index in [2.05, 4.69) is 0 Å². The molecule has 2 unspecified atom stereocenters. The number of Topliss-reactive ketones (excluding diaryl/α,β-unsaturated/α-hetero) is 1. The van der Waals surface area contributed by atoms with Crippen LogP contribution in [0, 0.1) is 0 Å². The largest absolute Gasteiger partial charge is 0.453 e. The van der Waals surface area contributed by atoms with Gasteiger partial charge in [0.05, 0.1) is 10.9 Å². The van der Waals surface area contributed by atoms with Gasteiger partial charge in [-0.3, -0.25) is 14.4 Å². The Kier molecular flexibility index (Phi) is 5.89. The van der Waals surface area contributed by atoms with Crippen molar-refractivity contribution < 1.29 is 19.1 Å². The zero-order valence-electron chi connectivity index (χ0n) is 16.2. The monoisotopic (exact) mass is 472 g/mol. The minimum Gasteiger partial charge on any atom is -0.453 e. The highest BCUT2D eigenvalue weighted by molar-refractivity contribution is 6.37. The van der Waals surface area contributed by atoms with Crippen LogP contribution in [0.15, 0.2) is 60.7 Å². The van der Waals surface area contributed by atoms with Crippen LogP contribution in [0.5, 0.6) is 0 Å². The van der Waals surface area contributed by atoms with Gasteiger partial charge in [0, 0.05) is 33.7 Å². The molecule has 0 amide bonds. The number of fused-ring (bicyclic) bond motifs is 2. The molecular weight excluding hydrogens is 459 g/mol. The number of ketones is 2. The first kappa shape index (κ1) is 21.6. The fourth-order valence-electron chi connectivity index (χ4n) is 3.93. The quantitative estimate of drug-likeness (QED) is 0.337. The Morgan fingerprint density at radius 3 is 2.23 bits per heavy atom. The maximum atomic E-state index is 13.5. The molecule has 0 fully saturated rings. The summed E-state index contributed by atoms with van der Waals surface area (Å²) in [5.74, 6) is -2.19. The van der Waals surface area contributed by atoms with Crippen molar-refractivity contribution in [3.05, 3.63) is 104 Å². The third-order valence-electron chi connectivity index (χ3n) is 5.20. The zero-order chi connectivity index (χ0) is 22.3. The summed E-state index contributed by atoms with van der Waals surface area (Å²) in [6.07, 6.45) is -1.26. The molecule has 0 radical (unpaired) electrons. The van der Waals surface area contributed by atoms with Crippen molar-refractivity contribution in [1.82, 2.24) is 0 Å². The molecule has 4 rings (SSSR count). The van der Waals surface area contributed by atoms with Crippen molar-refractivity contribution in [3.63, 3.8) is 0 Å². The second-order valence-corrected chi connectivity index (χ2v) is 8.36. The number of esters is 1. The minimum absolute atomic E-state index is 0.249. The first-order chi connectivity index (χ1) is 14.8. The van der Waals surface area contributed by atoms with Gasteiger partial charge in [-0.2, -0.15) is 0 Å². The second kappa shape index (κ2) is 8.46. The van der Waals surface area contributed by atoms with Crippen LogP contribution in [0.4, 0.5) is 0 Å². The van der Waals surface area contributed by atoms with E-state index in [1.54, 1.807) is 60.7 Å². The van der Waals surface area contributed by atoms with Gasteiger partial charge < -0.3 is 4.74 Å². The SMILES string of the molecule is CC(=O)OC(C(=O)c1ccc(Cl)cc1)C1c2cccc(Cl)c2C(=O)c2cccc(Cl)c21. The molecule has 4 nitrogen and oxygen atoms in total. The van der Waals surface area contributed by atoms with Crippen molar-refractivity contribution in [3.8, 4) is 0 Å². The molecule has 0 N–H and O–H groups in total. The molecule has 31 heavy (non-hydrogen) atoms. The minimum atomic E-state index is -1.26. The number of ether oxygens (including phenoxy) is 1. The summed E-state index contributed by atoms with van der Waals surface area (Å²) in [6, 6.07) is 16.2. The first-order valence-corrected chi connectivity index (χ1v) is 10.5. The highest BCUT2D eigenvalue weighted by Gasteiger charge is 2.43. The van der Waals surface area contributed by atoms with E-state index < -0.39 is 23.8 Å². The molecule has 156 valence electrons. The molecule has 1 aliphatic rings. The molecule has 0 saturated heterocycles. The van der Waals surface area contributed by atoms with Gasteiger partial charge in [-0.1, -0.05) is 59.1 Å². The summed E-state index contributed by atoms with van der Waals surface area (Å²) < 4.78 is 5.55. The number of rotatable bonds is 4. The number of hydrogen-bond donors (Lipinski definition) is 0. The van der Waals surface area contributed by atoms with E-state index >= 15 is 0 Å². The van der Waals surface area contributed by atoms with Crippen LogP contribution in [0.1, 0.15) is 50.2 Å². The number of halogens is 3. The third-order valence-corrected chi connectivity index (χ3v) is 6.10. The molecule has 0 saturated carbocycles. The van der Waals surface area contributed by atoms with E-state index in [4.69, 9.17) is 39.5 Å². The molecule has 0 bridgehead atoms. The molecule has 0 heterocycles. The summed E-state index contributed by atoms with van der Waals surface area (Å²) in [5, 5.41) is 1.01. The van der Waals surface area contributed by atoms with Crippen molar-refractivity contribution in [2.24, 2.45) is 0 Å². The van der Waals surface area contributed by atoms with E-state index in [1.807, 2.05) is 0 Å². The maximum absolute atomic E-state index is 13.5. The van der Waals surface area contributed by atoms with Crippen molar-refractivity contribution >= 4 is 52.3 Å². The van der Waals surface area contributed by atoms with Crippen LogP contribution in [0.25, 0.3) is 0 Å². The van der Waals surface area contributed by atoms with Crippen LogP contribution in [0.3, 0.4) is 0 Å². The van der Waals surface area contributed by atoms with Gasteiger partial charge in [-0.05, 0) is 47.5 Å². The Morgan fingerprint density at radius 1 is 0.903 bits per heavy atom. The lowest BCUT2D eigenvalue weighted by atomic mass is 9.73. The Hall–Kier alpha value is -2.66. The summed E-state index contributed by atoms with van der Waals surface area (Å²) >= 11 is 18.8. The molecule has 7 heteroatoms. The highest BCUT2D eigenvalue weighted by atomic mass is 35.5. The molecule has 0 aromatic heterocycles. The number of carbonyl (C=O) groups excluding carboxylic acids is 3. The van der Waals surface area contributed by atoms with Crippen LogP contribution in [-0.2, 0) is 9.53 Å². The van der Waals surface area contributed by atoms with Gasteiger partial charge in [-0.15, -0.1) is 0 Å². The first-order valence-electron chi connectivity index (χ1n) is 9.38. The summed E-state index contributed by atoms with van der Waals surface area (Å²) in [5.41, 5.74) is 1.80. The maximum Gasteiger partial charge on any atom is 0.303 e. The summed E-state index contributed by atoms with van der Waals surface area (Å²) in [6.45, 7) is 1.22. The lowest BCUT2D eigenvalue weighted by molar-refractivity contribution is -0.144. The molecule has 2 atom stereocenters. The van der Waals surface area contributed by atoms with Gasteiger partial charge in [0.2, 0.25) is 5.78 Å². The molecule has 1 aliphatic carbocycles. The predicted molar refractivity (Wildman–Crippen MR) is 120 cm³/mol. The van der Waals surface area contributed by atoms with Crippen molar-refractivity contribution in [2.45, 2.75) is 18.9 Å². The average molecular weight is 474 g/mol. The van der Waals surface area contributed by atoms with Gasteiger partial charge in [0.25, 0.3) is 0 Å². The summed E-state index contributed by atoms with van der Waals surface area (Å²) in [7, 11) is 0. The molecule has 0 spiro atoms. The third kappa shape index (κ3) is 3.87. The molecule has 3 aromatic rings. The Morgan fingerprint density at radius 2 is 1.55 bits per heavy atom. The van der Waals surface area contributed by atoms with Gasteiger partial charge in [-0.25, -0.2) is 0 Å². The fourth-order valence-corrected chi connectivity index (χ4v) is 4.61. The standard InChI is InChI=1S/C24H15Cl3O4/c1-12(28)31-24(22(29)13-8-10-14(25)11-9-13)21-15-4-2-7-18(27)20(15)23(30)16-5-3-6-17(26)19(16)21/h2-11,21,24H,1H3. The van der Waals surface area contributed by atoms with Crippen LogP contribution >= 0.6 is 34.8 Å². The number of benzene rings is 3. The highest BCUT2D eigenvalue weighted by Crippen LogP contribution is 2.45. The van der Waals surface area contributed by atoms with E-state index in [-0.39, 0.29) is 16.4 Å². The smallest absolute Gasteiger partial charge is 0.303 e. The van der Waals surface area contributed by atoms with E-state index in [0.29, 0.717) is 32.3 Å². The predicted octanol–water partition coefficient (Wildman–Crippen LogP) is 6.14. The lowest BCUT2D eigenvalue weighted by Gasteiger charge is -2.33. The van der Waals surface area contributed by atoms with Crippen LogP contribution < -0.4 is 0 Å². The van der Waals surface area contributed by atoms with E-state index in [0.717, 1.165) is 0 Å². The number of hydrogen-bond acceptors (Lipinski definition) is 4. The average Bonchev–Trinajstić information content (AvgIpc) is 2.73. The topological polar surface area (TPSA) is 60.4 Å². The van der Waals surface area contributed by atoms with Crippen molar-refractivity contribution in [2.75, 3.05) is 0 Å². The molecular formula is C24H15Cl3O4. The van der Waals surface area contributed by atoms with Crippen molar-refractivity contribution in [1.29, 1.82) is 0 Å². The number of carbonyl (C=O) groups is 3. The summed E-state index contributed by atoms with van der Waals surface area (Å²) in [4.78, 5) is 38.7. The second-order valence-electron chi connectivity index (χ2n) is 7.11. The van der Waals surface area contributed by atoms with Gasteiger partial charge in [0.1, 0.15) is 0 Å². The normalized spacial score (nSPS) is 15.6. The lowest BCUT2D eigenvalue weighted by Crippen LogP contribution is -2.37. The Balaban J connectivity index is 1.97. The Labute approximate surface area is 193 Å². The molecule has 3 aromatic carbocycles.